The predicted molar refractivity (Wildman–Crippen MR) is 66.6 cm³/mol. The largest absolute Gasteiger partial charge is 0.418 e. The number of aromatic nitrogens is 1. The van der Waals surface area contributed by atoms with Crippen LogP contribution in [-0.2, 0) is 12.6 Å². The second-order valence-electron chi connectivity index (χ2n) is 5.28. The van der Waals surface area contributed by atoms with E-state index in [-0.39, 0.29) is 10.9 Å². The number of pyridine rings is 1. The molecule has 2 aromatic rings. The molecule has 0 bridgehead atoms. The van der Waals surface area contributed by atoms with Crippen molar-refractivity contribution in [3.63, 3.8) is 0 Å². The number of hydrogen-bond acceptors (Lipinski definition) is 2. The number of benzene rings is 1. The Hall–Kier alpha value is -1.62. The van der Waals surface area contributed by atoms with Gasteiger partial charge >= 0.3 is 6.18 Å². The molecule has 1 aromatic heterocycles. The van der Waals surface area contributed by atoms with Gasteiger partial charge in [-0.15, -0.1) is 0 Å². The van der Waals surface area contributed by atoms with Crippen molar-refractivity contribution in [3.8, 4) is 0 Å². The van der Waals surface area contributed by atoms with Gasteiger partial charge in [-0.25, -0.2) is 0 Å². The molecule has 2 N–H and O–H groups in total. The molecule has 1 aromatic carbocycles. The molecule has 3 rings (SSSR count). The van der Waals surface area contributed by atoms with Crippen molar-refractivity contribution in [1.82, 2.24) is 4.98 Å². The molecule has 0 spiro atoms. The fourth-order valence-corrected chi connectivity index (χ4v) is 2.31. The number of fused-ring (bicyclic) bond motifs is 1. The minimum atomic E-state index is -4.38. The van der Waals surface area contributed by atoms with Crippen LogP contribution >= 0.6 is 0 Å². The van der Waals surface area contributed by atoms with E-state index in [0.29, 0.717) is 11.8 Å². The monoisotopic (exact) mass is 266 g/mol. The van der Waals surface area contributed by atoms with Crippen molar-refractivity contribution in [2.45, 2.75) is 31.0 Å². The first-order chi connectivity index (χ1) is 8.87. The van der Waals surface area contributed by atoms with Crippen LogP contribution in [0.4, 0.5) is 13.2 Å². The first kappa shape index (κ1) is 12.4. The Bertz CT molecular complexity index is 630. The normalized spacial score (nSPS) is 17.7. The molecule has 2 nitrogen and oxygen atoms in total. The highest BCUT2D eigenvalue weighted by molar-refractivity contribution is 5.85. The third-order valence-corrected chi connectivity index (χ3v) is 3.58. The number of alkyl halides is 3. The fraction of sp³-hybridized carbons (Fsp3) is 0.357. The van der Waals surface area contributed by atoms with Crippen LogP contribution in [0.25, 0.3) is 10.8 Å². The average molecular weight is 266 g/mol. The average Bonchev–Trinajstić information content (AvgIpc) is 3.04. The van der Waals surface area contributed by atoms with Crippen LogP contribution < -0.4 is 5.73 Å². The minimum absolute atomic E-state index is 0.150. The van der Waals surface area contributed by atoms with Crippen LogP contribution in [0.15, 0.2) is 30.6 Å². The van der Waals surface area contributed by atoms with Gasteiger partial charge in [0, 0.05) is 23.3 Å². The Morgan fingerprint density at radius 3 is 2.58 bits per heavy atom. The third kappa shape index (κ3) is 2.42. The molecular weight excluding hydrogens is 253 g/mol. The lowest BCUT2D eigenvalue weighted by Crippen LogP contribution is -2.24. The highest BCUT2D eigenvalue weighted by Gasteiger charge is 2.38. The summed E-state index contributed by atoms with van der Waals surface area (Å²) in [6.07, 6.45) is 0.619. The summed E-state index contributed by atoms with van der Waals surface area (Å²) >= 11 is 0. The summed E-state index contributed by atoms with van der Waals surface area (Å²) in [6.45, 7) is 0. The van der Waals surface area contributed by atoms with E-state index in [1.54, 1.807) is 12.1 Å². The summed E-state index contributed by atoms with van der Waals surface area (Å²) in [6, 6.07) is 5.00. The molecule has 5 heteroatoms. The van der Waals surface area contributed by atoms with Gasteiger partial charge in [-0.2, -0.15) is 13.2 Å². The molecule has 0 aliphatic heterocycles. The van der Waals surface area contributed by atoms with Gasteiger partial charge in [0.1, 0.15) is 0 Å². The molecule has 0 atom stereocenters. The van der Waals surface area contributed by atoms with Crippen LogP contribution in [0.2, 0.25) is 0 Å². The van der Waals surface area contributed by atoms with Crippen LogP contribution in [0.3, 0.4) is 0 Å². The molecule has 19 heavy (non-hydrogen) atoms. The molecule has 1 aliphatic carbocycles. The third-order valence-electron chi connectivity index (χ3n) is 3.58. The number of halogens is 3. The van der Waals surface area contributed by atoms with Gasteiger partial charge < -0.3 is 5.73 Å². The van der Waals surface area contributed by atoms with Crippen molar-refractivity contribution in [1.29, 1.82) is 0 Å². The number of nitrogens with two attached hydrogens (primary N) is 1. The van der Waals surface area contributed by atoms with Gasteiger partial charge in [-0.05, 0) is 36.3 Å². The van der Waals surface area contributed by atoms with Crippen molar-refractivity contribution in [3.05, 3.63) is 41.7 Å². The van der Waals surface area contributed by atoms with Gasteiger partial charge in [-0.1, -0.05) is 12.1 Å². The Labute approximate surface area is 108 Å². The highest BCUT2D eigenvalue weighted by Crippen LogP contribution is 2.37. The van der Waals surface area contributed by atoms with Crippen molar-refractivity contribution < 1.29 is 13.2 Å². The summed E-state index contributed by atoms with van der Waals surface area (Å²) in [4.78, 5) is 3.68. The van der Waals surface area contributed by atoms with Gasteiger partial charge in [-0.3, -0.25) is 4.98 Å². The number of hydrogen-bond donors (Lipinski definition) is 1. The SMILES string of the molecule is NC1(Cc2ccc3c(C(F)(F)F)cncc3c2)CC1. The standard InChI is InChI=1S/C14H13F3N2/c15-14(16,17)12-8-19-7-10-5-9(1-2-11(10)12)6-13(18)3-4-13/h1-2,5,7-8H,3-4,6,18H2. The Morgan fingerprint density at radius 1 is 1.21 bits per heavy atom. The van der Waals surface area contributed by atoms with E-state index in [1.807, 2.05) is 0 Å². The second-order valence-corrected chi connectivity index (χ2v) is 5.28. The van der Waals surface area contributed by atoms with Crippen molar-refractivity contribution in [2.75, 3.05) is 0 Å². The van der Waals surface area contributed by atoms with Crippen LogP contribution in [0.1, 0.15) is 24.0 Å². The Kier molecular flexibility index (Phi) is 2.57. The fourth-order valence-electron chi connectivity index (χ4n) is 2.31. The zero-order valence-corrected chi connectivity index (χ0v) is 10.2. The summed E-state index contributed by atoms with van der Waals surface area (Å²) in [5.74, 6) is 0. The molecule has 1 heterocycles. The molecular formula is C14H13F3N2. The summed E-state index contributed by atoms with van der Waals surface area (Å²) in [7, 11) is 0. The molecule has 1 aliphatic rings. The second kappa shape index (κ2) is 3.93. The van der Waals surface area contributed by atoms with Crippen molar-refractivity contribution >= 4 is 10.8 Å². The minimum Gasteiger partial charge on any atom is -0.325 e. The Balaban J connectivity index is 2.05. The molecule has 0 radical (unpaired) electrons. The van der Waals surface area contributed by atoms with Gasteiger partial charge in [0.05, 0.1) is 5.56 Å². The maximum Gasteiger partial charge on any atom is 0.418 e. The van der Waals surface area contributed by atoms with E-state index >= 15 is 0 Å². The zero-order chi connectivity index (χ0) is 13.7. The zero-order valence-electron chi connectivity index (χ0n) is 10.2. The van der Waals surface area contributed by atoms with E-state index in [4.69, 9.17) is 5.73 Å². The van der Waals surface area contributed by atoms with Crippen molar-refractivity contribution in [2.24, 2.45) is 5.73 Å². The van der Waals surface area contributed by atoms with Crippen LogP contribution in [0, 0.1) is 0 Å². The smallest absolute Gasteiger partial charge is 0.325 e. The Morgan fingerprint density at radius 2 is 1.95 bits per heavy atom. The van der Waals surface area contributed by atoms with E-state index in [2.05, 4.69) is 4.98 Å². The maximum absolute atomic E-state index is 12.8. The topological polar surface area (TPSA) is 38.9 Å². The summed E-state index contributed by atoms with van der Waals surface area (Å²) in [5.41, 5.74) is 6.15. The van der Waals surface area contributed by atoms with Crippen LogP contribution in [-0.4, -0.2) is 10.5 Å². The number of rotatable bonds is 2. The summed E-state index contributed by atoms with van der Waals surface area (Å²) in [5, 5.41) is 0.699. The van der Waals surface area contributed by atoms with Crippen LogP contribution in [0.5, 0.6) is 0 Å². The first-order valence-corrected chi connectivity index (χ1v) is 6.10. The molecule has 1 saturated carbocycles. The molecule has 1 fully saturated rings. The van der Waals surface area contributed by atoms with E-state index < -0.39 is 11.7 Å². The predicted octanol–water partition coefficient (Wildman–Crippen LogP) is 3.29. The lowest BCUT2D eigenvalue weighted by molar-refractivity contribution is -0.136. The van der Waals surface area contributed by atoms with E-state index in [9.17, 15) is 13.2 Å². The highest BCUT2D eigenvalue weighted by atomic mass is 19.4. The van der Waals surface area contributed by atoms with E-state index in [1.165, 1.54) is 12.3 Å². The summed E-state index contributed by atoms with van der Waals surface area (Å²) < 4.78 is 38.5. The van der Waals surface area contributed by atoms with E-state index in [0.717, 1.165) is 24.6 Å². The quantitative estimate of drug-likeness (QED) is 0.905. The van der Waals surface area contributed by atoms with Gasteiger partial charge in [0.25, 0.3) is 0 Å². The van der Waals surface area contributed by atoms with Gasteiger partial charge in [0.15, 0.2) is 0 Å². The first-order valence-electron chi connectivity index (χ1n) is 6.10. The molecule has 100 valence electrons. The van der Waals surface area contributed by atoms with Gasteiger partial charge in [0.2, 0.25) is 0 Å². The lowest BCUT2D eigenvalue weighted by Gasteiger charge is -2.12. The lowest BCUT2D eigenvalue weighted by atomic mass is 10.00. The molecule has 0 saturated heterocycles. The maximum atomic E-state index is 12.8. The number of nitrogens with zero attached hydrogens (tertiary/aromatic N) is 1. The molecule has 0 unspecified atom stereocenters. The molecule has 0 amide bonds.